The molecule has 0 saturated heterocycles. The maximum atomic E-state index is 12.9. The standard InChI is InChI=1S/C19H13ClF3N5O/c20-14-8-11(4-5-15(14)29)9-18-26-25-17-7-6-16(27-28(17)18)24-13-3-1-2-12(10-13)19(21,22)23/h1-8,10,29H,9H2,(H,24,27). The minimum Gasteiger partial charge on any atom is -0.506 e. The van der Waals surface area contributed by atoms with Crippen molar-refractivity contribution in [2.45, 2.75) is 12.6 Å². The van der Waals surface area contributed by atoms with Gasteiger partial charge in [0, 0.05) is 12.1 Å². The number of aromatic nitrogens is 4. The first-order valence-electron chi connectivity index (χ1n) is 8.42. The molecule has 0 atom stereocenters. The summed E-state index contributed by atoms with van der Waals surface area (Å²) in [5, 5.41) is 25.1. The topological polar surface area (TPSA) is 75.3 Å². The number of anilines is 2. The number of phenolic OH excluding ortho intramolecular Hbond substituents is 1. The van der Waals surface area contributed by atoms with Gasteiger partial charge < -0.3 is 10.4 Å². The van der Waals surface area contributed by atoms with Crippen molar-refractivity contribution in [3.63, 3.8) is 0 Å². The van der Waals surface area contributed by atoms with Gasteiger partial charge in [0.2, 0.25) is 0 Å². The fourth-order valence-corrected chi connectivity index (χ4v) is 2.98. The van der Waals surface area contributed by atoms with Gasteiger partial charge in [0.25, 0.3) is 0 Å². The summed E-state index contributed by atoms with van der Waals surface area (Å²) < 4.78 is 40.2. The van der Waals surface area contributed by atoms with Crippen LogP contribution in [0.2, 0.25) is 5.02 Å². The molecule has 148 valence electrons. The highest BCUT2D eigenvalue weighted by Crippen LogP contribution is 2.31. The summed E-state index contributed by atoms with van der Waals surface area (Å²) in [6.07, 6.45) is -4.08. The fourth-order valence-electron chi connectivity index (χ4n) is 2.77. The average molecular weight is 420 g/mol. The zero-order valence-corrected chi connectivity index (χ0v) is 15.4. The Kier molecular flexibility index (Phi) is 4.75. The summed E-state index contributed by atoms with van der Waals surface area (Å²) in [5.74, 6) is 0.822. The van der Waals surface area contributed by atoms with Crippen LogP contribution in [0.3, 0.4) is 0 Å². The van der Waals surface area contributed by atoms with E-state index in [1.165, 1.54) is 22.7 Å². The first kappa shape index (κ1) is 19.0. The lowest BCUT2D eigenvalue weighted by molar-refractivity contribution is -0.137. The number of halogens is 4. The normalized spacial score (nSPS) is 11.7. The predicted molar refractivity (Wildman–Crippen MR) is 101 cm³/mol. The highest BCUT2D eigenvalue weighted by Gasteiger charge is 2.30. The third kappa shape index (κ3) is 4.09. The molecule has 0 radical (unpaired) electrons. The van der Waals surface area contributed by atoms with Crippen molar-refractivity contribution >= 4 is 28.8 Å². The fraction of sp³-hybridized carbons (Fsp3) is 0.105. The summed E-state index contributed by atoms with van der Waals surface area (Å²) in [6, 6.07) is 12.9. The number of phenols is 1. The first-order valence-corrected chi connectivity index (χ1v) is 8.80. The molecule has 0 fully saturated rings. The van der Waals surface area contributed by atoms with Crippen molar-refractivity contribution in [3.8, 4) is 5.75 Å². The Bertz CT molecular complexity index is 1190. The Morgan fingerprint density at radius 3 is 2.62 bits per heavy atom. The van der Waals surface area contributed by atoms with E-state index in [1.54, 1.807) is 24.3 Å². The molecule has 0 saturated carbocycles. The van der Waals surface area contributed by atoms with Gasteiger partial charge in [-0.2, -0.15) is 17.7 Å². The van der Waals surface area contributed by atoms with Gasteiger partial charge in [0.15, 0.2) is 17.3 Å². The summed E-state index contributed by atoms with van der Waals surface area (Å²) in [4.78, 5) is 0. The van der Waals surface area contributed by atoms with Crippen molar-refractivity contribution in [1.29, 1.82) is 0 Å². The number of rotatable bonds is 4. The number of alkyl halides is 3. The number of aromatic hydroxyl groups is 1. The minimum atomic E-state index is -4.43. The van der Waals surface area contributed by atoms with E-state index >= 15 is 0 Å². The molecule has 0 aliphatic carbocycles. The molecule has 0 amide bonds. The minimum absolute atomic E-state index is 0.0211. The van der Waals surface area contributed by atoms with E-state index in [2.05, 4.69) is 20.6 Å². The average Bonchev–Trinajstić information content (AvgIpc) is 3.06. The van der Waals surface area contributed by atoms with E-state index in [9.17, 15) is 18.3 Å². The van der Waals surface area contributed by atoms with Crippen LogP contribution in [0.1, 0.15) is 17.0 Å². The van der Waals surface area contributed by atoms with Gasteiger partial charge in [0.1, 0.15) is 5.75 Å². The quantitative estimate of drug-likeness (QED) is 0.495. The van der Waals surface area contributed by atoms with Gasteiger partial charge in [-0.15, -0.1) is 15.3 Å². The molecular formula is C19H13ClF3N5O. The molecule has 4 rings (SSSR count). The highest BCUT2D eigenvalue weighted by atomic mass is 35.5. The smallest absolute Gasteiger partial charge is 0.416 e. The Morgan fingerprint density at radius 1 is 1.03 bits per heavy atom. The van der Waals surface area contributed by atoms with E-state index in [0.29, 0.717) is 23.7 Å². The van der Waals surface area contributed by atoms with Crippen LogP contribution >= 0.6 is 11.6 Å². The van der Waals surface area contributed by atoms with Crippen molar-refractivity contribution in [2.75, 3.05) is 5.32 Å². The lowest BCUT2D eigenvalue weighted by atomic mass is 10.1. The van der Waals surface area contributed by atoms with Crippen LogP contribution in [-0.2, 0) is 12.6 Å². The highest BCUT2D eigenvalue weighted by molar-refractivity contribution is 6.32. The molecule has 0 spiro atoms. The van der Waals surface area contributed by atoms with Crippen LogP contribution in [0.5, 0.6) is 5.75 Å². The predicted octanol–water partition coefficient (Wildman–Crippen LogP) is 4.84. The lowest BCUT2D eigenvalue weighted by Crippen LogP contribution is -2.06. The number of fused-ring (bicyclic) bond motifs is 1. The number of hydrogen-bond acceptors (Lipinski definition) is 5. The van der Waals surface area contributed by atoms with Gasteiger partial charge in [-0.3, -0.25) is 0 Å². The number of nitrogens with zero attached hydrogens (tertiary/aromatic N) is 4. The van der Waals surface area contributed by atoms with Crippen LogP contribution in [0, 0.1) is 0 Å². The van der Waals surface area contributed by atoms with Crippen LogP contribution in [0.4, 0.5) is 24.7 Å². The Hall–Kier alpha value is -3.33. The second kappa shape index (κ2) is 7.25. The van der Waals surface area contributed by atoms with Crippen molar-refractivity contribution in [1.82, 2.24) is 19.8 Å². The van der Waals surface area contributed by atoms with Gasteiger partial charge >= 0.3 is 6.18 Å². The molecular weight excluding hydrogens is 407 g/mol. The number of hydrogen-bond donors (Lipinski definition) is 2. The monoisotopic (exact) mass is 419 g/mol. The number of nitrogens with one attached hydrogen (secondary N) is 1. The molecule has 2 heterocycles. The molecule has 4 aromatic rings. The van der Waals surface area contributed by atoms with Crippen LogP contribution in [0.15, 0.2) is 54.6 Å². The first-order chi connectivity index (χ1) is 13.8. The summed E-state index contributed by atoms with van der Waals surface area (Å²) in [6.45, 7) is 0. The van der Waals surface area contributed by atoms with E-state index in [1.807, 2.05) is 0 Å². The van der Waals surface area contributed by atoms with E-state index < -0.39 is 11.7 Å². The Balaban J connectivity index is 1.62. The molecule has 0 aliphatic heterocycles. The molecule has 10 heteroatoms. The summed E-state index contributed by atoms with van der Waals surface area (Å²) in [7, 11) is 0. The van der Waals surface area contributed by atoms with Gasteiger partial charge in [-0.1, -0.05) is 23.7 Å². The van der Waals surface area contributed by atoms with Crippen LogP contribution in [0.25, 0.3) is 5.65 Å². The second-order valence-electron chi connectivity index (χ2n) is 6.27. The zero-order valence-electron chi connectivity index (χ0n) is 14.7. The van der Waals surface area contributed by atoms with Gasteiger partial charge in [0.05, 0.1) is 10.6 Å². The second-order valence-corrected chi connectivity index (χ2v) is 6.68. The van der Waals surface area contributed by atoms with Crippen molar-refractivity contribution < 1.29 is 18.3 Å². The maximum Gasteiger partial charge on any atom is 0.416 e. The molecule has 2 aromatic carbocycles. The third-order valence-electron chi connectivity index (χ3n) is 4.16. The van der Waals surface area contributed by atoms with Gasteiger partial charge in [-0.25, -0.2) is 0 Å². The Morgan fingerprint density at radius 2 is 1.86 bits per heavy atom. The van der Waals surface area contributed by atoms with Crippen LogP contribution < -0.4 is 5.32 Å². The van der Waals surface area contributed by atoms with E-state index in [-0.39, 0.29) is 16.5 Å². The van der Waals surface area contributed by atoms with E-state index in [4.69, 9.17) is 11.6 Å². The molecule has 0 unspecified atom stereocenters. The largest absolute Gasteiger partial charge is 0.506 e. The SMILES string of the molecule is Oc1ccc(Cc2nnc3ccc(Nc4cccc(C(F)(F)F)c4)nn23)cc1Cl. The number of benzene rings is 2. The molecule has 0 bridgehead atoms. The summed E-state index contributed by atoms with van der Waals surface area (Å²) in [5.41, 5.74) is 0.781. The molecule has 2 aromatic heterocycles. The molecule has 29 heavy (non-hydrogen) atoms. The van der Waals surface area contributed by atoms with Crippen LogP contribution in [-0.4, -0.2) is 24.9 Å². The molecule has 2 N–H and O–H groups in total. The van der Waals surface area contributed by atoms with E-state index in [0.717, 1.165) is 17.7 Å². The Labute approximate surface area is 167 Å². The maximum absolute atomic E-state index is 12.9. The van der Waals surface area contributed by atoms with Crippen molar-refractivity contribution in [2.24, 2.45) is 0 Å². The third-order valence-corrected chi connectivity index (χ3v) is 4.47. The van der Waals surface area contributed by atoms with Gasteiger partial charge in [-0.05, 0) is 48.0 Å². The zero-order chi connectivity index (χ0) is 20.6. The molecule has 6 nitrogen and oxygen atoms in total. The van der Waals surface area contributed by atoms with Crippen molar-refractivity contribution in [3.05, 3.63) is 76.6 Å². The summed E-state index contributed by atoms with van der Waals surface area (Å²) >= 11 is 5.93. The molecule has 0 aliphatic rings. The lowest BCUT2D eigenvalue weighted by Gasteiger charge is -2.10.